The van der Waals surface area contributed by atoms with Crippen LogP contribution in [0.3, 0.4) is 0 Å². The van der Waals surface area contributed by atoms with Gasteiger partial charge in [0, 0.05) is 29.9 Å². The molecule has 2 heterocycles. The Kier molecular flexibility index (Phi) is 3.09. The predicted octanol–water partition coefficient (Wildman–Crippen LogP) is 2.86. The standard InChI is InChI=1S/C13H21N3S/c1-2-10-4-3-7-16(10)13-15-12(9-5-6-9)11(8-14)17-13/h9-10H,2-8,14H2,1H3. The number of thiazole rings is 1. The lowest BCUT2D eigenvalue weighted by Crippen LogP contribution is -2.28. The maximum absolute atomic E-state index is 5.85. The van der Waals surface area contributed by atoms with Gasteiger partial charge in [-0.1, -0.05) is 6.92 Å². The third-order valence-electron chi connectivity index (χ3n) is 3.96. The molecule has 1 saturated carbocycles. The van der Waals surface area contributed by atoms with E-state index in [1.54, 1.807) is 0 Å². The maximum atomic E-state index is 5.85. The Morgan fingerprint density at radius 2 is 2.24 bits per heavy atom. The second-order valence-electron chi connectivity index (χ2n) is 5.18. The van der Waals surface area contributed by atoms with Gasteiger partial charge in [-0.05, 0) is 32.1 Å². The fourth-order valence-corrected chi connectivity index (χ4v) is 3.93. The van der Waals surface area contributed by atoms with Crippen molar-refractivity contribution in [2.24, 2.45) is 5.73 Å². The molecule has 2 aliphatic rings. The molecule has 0 radical (unpaired) electrons. The molecular formula is C13H21N3S. The van der Waals surface area contributed by atoms with Crippen molar-refractivity contribution in [3.05, 3.63) is 10.6 Å². The van der Waals surface area contributed by atoms with Gasteiger partial charge in [0.05, 0.1) is 5.69 Å². The summed E-state index contributed by atoms with van der Waals surface area (Å²) < 4.78 is 0. The van der Waals surface area contributed by atoms with Crippen LogP contribution in [0.4, 0.5) is 5.13 Å². The van der Waals surface area contributed by atoms with Crippen LogP contribution in [0.15, 0.2) is 0 Å². The third-order valence-corrected chi connectivity index (χ3v) is 5.09. The average Bonchev–Trinajstić information content (AvgIpc) is 2.95. The van der Waals surface area contributed by atoms with E-state index in [-0.39, 0.29) is 0 Å². The molecule has 1 unspecified atom stereocenters. The van der Waals surface area contributed by atoms with E-state index >= 15 is 0 Å². The van der Waals surface area contributed by atoms with Crippen LogP contribution in [0.2, 0.25) is 0 Å². The minimum absolute atomic E-state index is 0.661. The normalized spacial score (nSPS) is 24.6. The van der Waals surface area contributed by atoms with Crippen LogP contribution < -0.4 is 10.6 Å². The summed E-state index contributed by atoms with van der Waals surface area (Å²) >= 11 is 1.83. The number of aromatic nitrogens is 1. The largest absolute Gasteiger partial charge is 0.345 e. The molecule has 1 aliphatic heterocycles. The summed E-state index contributed by atoms with van der Waals surface area (Å²) in [6.07, 6.45) is 6.50. The van der Waals surface area contributed by atoms with Crippen molar-refractivity contribution in [2.45, 2.75) is 57.5 Å². The quantitative estimate of drug-likeness (QED) is 0.894. The van der Waals surface area contributed by atoms with Crippen LogP contribution in [0, 0.1) is 0 Å². The minimum Gasteiger partial charge on any atom is -0.345 e. The fourth-order valence-electron chi connectivity index (χ4n) is 2.81. The first-order valence-electron chi connectivity index (χ1n) is 6.79. The van der Waals surface area contributed by atoms with E-state index in [1.165, 1.54) is 54.4 Å². The van der Waals surface area contributed by atoms with Crippen LogP contribution in [0.25, 0.3) is 0 Å². The molecule has 0 amide bonds. The van der Waals surface area contributed by atoms with Gasteiger partial charge in [-0.25, -0.2) is 4.98 Å². The van der Waals surface area contributed by atoms with Gasteiger partial charge in [0.1, 0.15) is 0 Å². The van der Waals surface area contributed by atoms with Crippen molar-refractivity contribution in [3.8, 4) is 0 Å². The number of rotatable bonds is 4. The lowest BCUT2D eigenvalue weighted by molar-refractivity contribution is 0.643. The van der Waals surface area contributed by atoms with E-state index in [0.717, 1.165) is 5.92 Å². The van der Waals surface area contributed by atoms with Gasteiger partial charge in [-0.3, -0.25) is 0 Å². The van der Waals surface area contributed by atoms with E-state index in [2.05, 4.69) is 11.8 Å². The summed E-state index contributed by atoms with van der Waals surface area (Å²) in [5.74, 6) is 0.723. The Morgan fingerprint density at radius 3 is 2.88 bits per heavy atom. The van der Waals surface area contributed by atoms with Gasteiger partial charge in [-0.15, -0.1) is 11.3 Å². The zero-order valence-corrected chi connectivity index (χ0v) is 11.3. The Balaban J connectivity index is 1.87. The van der Waals surface area contributed by atoms with E-state index in [9.17, 15) is 0 Å². The van der Waals surface area contributed by atoms with Crippen LogP contribution in [0.5, 0.6) is 0 Å². The highest BCUT2D eigenvalue weighted by Gasteiger charge is 2.32. The summed E-state index contributed by atoms with van der Waals surface area (Å²) in [5.41, 5.74) is 7.16. The molecule has 1 atom stereocenters. The molecule has 3 rings (SSSR count). The van der Waals surface area contributed by atoms with Crippen LogP contribution in [0.1, 0.15) is 55.5 Å². The summed E-state index contributed by atoms with van der Waals surface area (Å²) in [6.45, 7) is 4.12. The lowest BCUT2D eigenvalue weighted by atomic mass is 10.2. The SMILES string of the molecule is CCC1CCCN1c1nc(C2CC2)c(CN)s1. The Morgan fingerprint density at radius 1 is 1.41 bits per heavy atom. The molecule has 1 aliphatic carbocycles. The van der Waals surface area contributed by atoms with Gasteiger partial charge in [-0.2, -0.15) is 0 Å². The monoisotopic (exact) mass is 251 g/mol. The van der Waals surface area contributed by atoms with Crippen molar-refractivity contribution in [1.29, 1.82) is 0 Å². The number of anilines is 1. The number of hydrogen-bond acceptors (Lipinski definition) is 4. The highest BCUT2D eigenvalue weighted by atomic mass is 32.1. The Labute approximate surface area is 107 Å². The number of hydrogen-bond donors (Lipinski definition) is 1. The van der Waals surface area contributed by atoms with Crippen molar-refractivity contribution < 1.29 is 0 Å². The molecule has 17 heavy (non-hydrogen) atoms. The first-order valence-corrected chi connectivity index (χ1v) is 7.61. The second kappa shape index (κ2) is 4.58. The van der Waals surface area contributed by atoms with E-state index in [1.807, 2.05) is 11.3 Å². The van der Waals surface area contributed by atoms with Gasteiger partial charge in [0.15, 0.2) is 5.13 Å². The highest BCUT2D eigenvalue weighted by Crippen LogP contribution is 2.44. The lowest BCUT2D eigenvalue weighted by Gasteiger charge is -2.22. The Bertz CT molecular complexity index is 397. The van der Waals surface area contributed by atoms with Crippen molar-refractivity contribution in [1.82, 2.24) is 4.98 Å². The van der Waals surface area contributed by atoms with Gasteiger partial charge in [0.2, 0.25) is 0 Å². The van der Waals surface area contributed by atoms with E-state index < -0.39 is 0 Å². The van der Waals surface area contributed by atoms with Gasteiger partial charge >= 0.3 is 0 Å². The van der Waals surface area contributed by atoms with Crippen LogP contribution >= 0.6 is 11.3 Å². The van der Waals surface area contributed by atoms with Crippen molar-refractivity contribution >= 4 is 16.5 Å². The van der Waals surface area contributed by atoms with Crippen LogP contribution in [-0.2, 0) is 6.54 Å². The summed E-state index contributed by atoms with van der Waals surface area (Å²) in [6, 6.07) is 0.707. The molecule has 0 bridgehead atoms. The van der Waals surface area contributed by atoms with Gasteiger partial charge < -0.3 is 10.6 Å². The zero-order valence-electron chi connectivity index (χ0n) is 10.5. The molecular weight excluding hydrogens is 230 g/mol. The number of nitrogens with zero attached hydrogens (tertiary/aromatic N) is 2. The molecule has 1 saturated heterocycles. The first-order chi connectivity index (χ1) is 8.33. The minimum atomic E-state index is 0.661. The first kappa shape index (κ1) is 11.5. The third kappa shape index (κ3) is 2.08. The molecule has 94 valence electrons. The number of nitrogens with two attached hydrogens (primary N) is 1. The summed E-state index contributed by atoms with van der Waals surface area (Å²) in [5, 5.41) is 1.23. The average molecular weight is 251 g/mol. The molecule has 1 aromatic rings. The second-order valence-corrected chi connectivity index (χ2v) is 6.24. The maximum Gasteiger partial charge on any atom is 0.186 e. The zero-order chi connectivity index (χ0) is 11.8. The van der Waals surface area contributed by atoms with Crippen LogP contribution in [-0.4, -0.2) is 17.6 Å². The molecule has 3 nitrogen and oxygen atoms in total. The molecule has 0 spiro atoms. The molecule has 4 heteroatoms. The summed E-state index contributed by atoms with van der Waals surface area (Å²) in [7, 11) is 0. The molecule has 2 N–H and O–H groups in total. The molecule has 1 aromatic heterocycles. The smallest absolute Gasteiger partial charge is 0.186 e. The Hall–Kier alpha value is -0.610. The van der Waals surface area contributed by atoms with Crippen molar-refractivity contribution in [2.75, 3.05) is 11.4 Å². The highest BCUT2D eigenvalue weighted by molar-refractivity contribution is 7.15. The van der Waals surface area contributed by atoms with Gasteiger partial charge in [0.25, 0.3) is 0 Å². The fraction of sp³-hybridized carbons (Fsp3) is 0.769. The van der Waals surface area contributed by atoms with E-state index in [0.29, 0.717) is 12.6 Å². The van der Waals surface area contributed by atoms with Crippen molar-refractivity contribution in [3.63, 3.8) is 0 Å². The predicted molar refractivity (Wildman–Crippen MR) is 72.6 cm³/mol. The molecule has 2 fully saturated rings. The topological polar surface area (TPSA) is 42.2 Å². The van der Waals surface area contributed by atoms with E-state index in [4.69, 9.17) is 10.7 Å². The summed E-state index contributed by atoms with van der Waals surface area (Å²) in [4.78, 5) is 8.72. The molecule has 0 aromatic carbocycles.